The molecule has 0 aliphatic heterocycles. The van der Waals surface area contributed by atoms with Gasteiger partial charge in [-0.15, -0.1) is 0 Å². The van der Waals surface area contributed by atoms with Crippen molar-refractivity contribution in [3.05, 3.63) is 0 Å². The van der Waals surface area contributed by atoms with Crippen LogP contribution >= 0.6 is 0 Å². The smallest absolute Gasteiger partial charge is 0.208 e. The molecule has 4 heteroatoms. The van der Waals surface area contributed by atoms with Crippen LogP contribution in [0.15, 0.2) is 4.99 Å². The lowest BCUT2D eigenvalue weighted by atomic mass is 9.84. The van der Waals surface area contributed by atoms with Crippen LogP contribution in [0, 0.1) is 5.92 Å². The summed E-state index contributed by atoms with van der Waals surface area (Å²) in [5, 5.41) is 0. The van der Waals surface area contributed by atoms with Gasteiger partial charge in [0.15, 0.2) is 0 Å². The maximum atomic E-state index is 5.59. The molecule has 0 spiro atoms. The molecule has 4 nitrogen and oxygen atoms in total. The number of guanidine groups is 1. The second-order valence-corrected chi connectivity index (χ2v) is 5.40. The first-order valence-corrected chi connectivity index (χ1v) is 7.46. The van der Waals surface area contributed by atoms with Crippen molar-refractivity contribution in [2.24, 2.45) is 16.8 Å². The minimum Gasteiger partial charge on any atom is -0.342 e. The van der Waals surface area contributed by atoms with Gasteiger partial charge in [0.1, 0.15) is 0 Å². The van der Waals surface area contributed by atoms with Crippen LogP contribution in [0.2, 0.25) is 0 Å². The maximum Gasteiger partial charge on any atom is 0.208 e. The topological polar surface area (TPSA) is 53.6 Å². The lowest BCUT2D eigenvalue weighted by molar-refractivity contribution is 0.222. The largest absolute Gasteiger partial charge is 0.342 e. The van der Waals surface area contributed by atoms with Gasteiger partial charge in [0.2, 0.25) is 5.96 Å². The Morgan fingerprint density at radius 2 is 1.94 bits per heavy atom. The van der Waals surface area contributed by atoms with Crippen LogP contribution < -0.4 is 11.3 Å². The van der Waals surface area contributed by atoms with E-state index in [0.717, 1.165) is 24.8 Å². The number of hydrogen-bond acceptors (Lipinski definition) is 2. The van der Waals surface area contributed by atoms with Crippen LogP contribution in [-0.2, 0) is 0 Å². The second kappa shape index (κ2) is 8.35. The van der Waals surface area contributed by atoms with Crippen molar-refractivity contribution < 1.29 is 0 Å². The van der Waals surface area contributed by atoms with Crippen molar-refractivity contribution in [2.75, 3.05) is 13.6 Å². The summed E-state index contributed by atoms with van der Waals surface area (Å²) >= 11 is 0. The van der Waals surface area contributed by atoms with Crippen LogP contribution in [0.1, 0.15) is 58.8 Å². The lowest BCUT2D eigenvalue weighted by Gasteiger charge is -2.35. The second-order valence-electron chi connectivity index (χ2n) is 5.40. The molecule has 18 heavy (non-hydrogen) atoms. The van der Waals surface area contributed by atoms with Gasteiger partial charge in [0, 0.05) is 19.6 Å². The predicted molar refractivity (Wildman–Crippen MR) is 78.3 cm³/mol. The molecule has 0 aromatic rings. The van der Waals surface area contributed by atoms with Crippen molar-refractivity contribution in [3.63, 3.8) is 0 Å². The molecule has 1 saturated carbocycles. The zero-order chi connectivity index (χ0) is 13.4. The van der Waals surface area contributed by atoms with E-state index in [4.69, 9.17) is 5.84 Å². The molecule has 0 aromatic heterocycles. The number of nitrogens with one attached hydrogen (secondary N) is 1. The summed E-state index contributed by atoms with van der Waals surface area (Å²) in [5.74, 6) is 7.38. The SMILES string of the molecule is CCCCN=C(NN)N(C)C1CCC(CC)CC1. The van der Waals surface area contributed by atoms with E-state index in [-0.39, 0.29) is 0 Å². The Bertz CT molecular complexity index is 244. The highest BCUT2D eigenvalue weighted by Gasteiger charge is 2.24. The molecule has 0 unspecified atom stereocenters. The maximum absolute atomic E-state index is 5.59. The lowest BCUT2D eigenvalue weighted by Crippen LogP contribution is -2.48. The van der Waals surface area contributed by atoms with Crippen molar-refractivity contribution in [3.8, 4) is 0 Å². The first kappa shape index (κ1) is 15.3. The van der Waals surface area contributed by atoms with E-state index in [1.54, 1.807) is 0 Å². The molecule has 1 fully saturated rings. The quantitative estimate of drug-likeness (QED) is 0.261. The highest BCUT2D eigenvalue weighted by Crippen LogP contribution is 2.28. The van der Waals surface area contributed by atoms with E-state index in [0.29, 0.717) is 6.04 Å². The third kappa shape index (κ3) is 4.48. The zero-order valence-corrected chi connectivity index (χ0v) is 12.3. The Hall–Kier alpha value is -0.770. The van der Waals surface area contributed by atoms with E-state index in [2.05, 4.69) is 36.2 Å². The highest BCUT2D eigenvalue weighted by molar-refractivity contribution is 5.79. The van der Waals surface area contributed by atoms with Crippen LogP contribution in [-0.4, -0.2) is 30.5 Å². The number of unbranched alkanes of at least 4 members (excludes halogenated alkanes) is 1. The van der Waals surface area contributed by atoms with Gasteiger partial charge in [-0.1, -0.05) is 26.7 Å². The number of aliphatic imine (C=N–C) groups is 1. The monoisotopic (exact) mass is 254 g/mol. The van der Waals surface area contributed by atoms with E-state index < -0.39 is 0 Å². The van der Waals surface area contributed by atoms with Crippen LogP contribution in [0.4, 0.5) is 0 Å². The molecule has 3 N–H and O–H groups in total. The van der Waals surface area contributed by atoms with Gasteiger partial charge in [-0.05, 0) is 38.0 Å². The molecule has 1 aliphatic rings. The summed E-state index contributed by atoms with van der Waals surface area (Å²) in [6, 6.07) is 0.601. The van der Waals surface area contributed by atoms with Gasteiger partial charge in [-0.25, -0.2) is 5.84 Å². The summed E-state index contributed by atoms with van der Waals surface area (Å²) in [6.07, 6.45) is 8.85. The molecule has 106 valence electrons. The average molecular weight is 254 g/mol. The van der Waals surface area contributed by atoms with E-state index in [9.17, 15) is 0 Å². The van der Waals surface area contributed by atoms with Crippen molar-refractivity contribution in [2.45, 2.75) is 64.8 Å². The zero-order valence-electron chi connectivity index (χ0n) is 12.3. The number of hydrazine groups is 1. The molecule has 1 rings (SSSR count). The summed E-state index contributed by atoms with van der Waals surface area (Å²) < 4.78 is 0. The van der Waals surface area contributed by atoms with Crippen LogP contribution in [0.3, 0.4) is 0 Å². The Morgan fingerprint density at radius 3 is 2.44 bits per heavy atom. The fourth-order valence-electron chi connectivity index (χ4n) is 2.72. The van der Waals surface area contributed by atoms with Gasteiger partial charge in [0.25, 0.3) is 0 Å². The van der Waals surface area contributed by atoms with E-state index in [1.165, 1.54) is 38.5 Å². The van der Waals surface area contributed by atoms with Gasteiger partial charge in [-0.3, -0.25) is 10.4 Å². The minimum absolute atomic E-state index is 0.601. The molecular formula is C14H30N4. The Balaban J connectivity index is 2.46. The molecule has 0 aromatic carbocycles. The van der Waals surface area contributed by atoms with Gasteiger partial charge < -0.3 is 4.90 Å². The number of rotatable bonds is 5. The number of nitrogens with two attached hydrogens (primary N) is 1. The summed E-state index contributed by atoms with van der Waals surface area (Å²) in [4.78, 5) is 6.79. The molecule has 0 bridgehead atoms. The third-order valence-electron chi connectivity index (χ3n) is 4.18. The minimum atomic E-state index is 0.601. The number of nitrogens with zero attached hydrogens (tertiary/aromatic N) is 2. The highest BCUT2D eigenvalue weighted by atomic mass is 15.4. The molecular weight excluding hydrogens is 224 g/mol. The molecule has 0 radical (unpaired) electrons. The normalized spacial score (nSPS) is 25.0. The predicted octanol–water partition coefficient (Wildman–Crippen LogP) is 2.51. The molecule has 1 aliphatic carbocycles. The fraction of sp³-hybridized carbons (Fsp3) is 0.929. The van der Waals surface area contributed by atoms with Crippen molar-refractivity contribution >= 4 is 5.96 Å². The molecule has 0 heterocycles. The van der Waals surface area contributed by atoms with Crippen molar-refractivity contribution in [1.29, 1.82) is 0 Å². The van der Waals surface area contributed by atoms with Crippen molar-refractivity contribution in [1.82, 2.24) is 10.3 Å². The van der Waals surface area contributed by atoms with E-state index in [1.807, 2.05) is 0 Å². The summed E-state index contributed by atoms with van der Waals surface area (Å²) in [5.41, 5.74) is 2.76. The Labute approximate surface area is 112 Å². The Kier molecular flexibility index (Phi) is 7.09. The van der Waals surface area contributed by atoms with Gasteiger partial charge in [0.05, 0.1) is 0 Å². The molecule has 0 saturated heterocycles. The summed E-state index contributed by atoms with van der Waals surface area (Å²) in [6.45, 7) is 5.35. The third-order valence-corrected chi connectivity index (χ3v) is 4.18. The number of hydrogen-bond donors (Lipinski definition) is 2. The average Bonchev–Trinajstić information content (AvgIpc) is 2.43. The van der Waals surface area contributed by atoms with Crippen LogP contribution in [0.25, 0.3) is 0 Å². The van der Waals surface area contributed by atoms with Crippen LogP contribution in [0.5, 0.6) is 0 Å². The standard InChI is InChI=1S/C14H30N4/c1-4-6-11-16-14(17-15)18(3)13-9-7-12(5-2)8-10-13/h12-13H,4-11,15H2,1-3H3,(H,16,17). The first-order valence-electron chi connectivity index (χ1n) is 7.46. The first-order chi connectivity index (χ1) is 8.72. The summed E-state index contributed by atoms with van der Waals surface area (Å²) in [7, 11) is 2.11. The molecule has 0 atom stereocenters. The fourth-order valence-corrected chi connectivity index (χ4v) is 2.72. The molecule has 0 amide bonds. The van der Waals surface area contributed by atoms with Gasteiger partial charge >= 0.3 is 0 Å². The Morgan fingerprint density at radius 1 is 1.28 bits per heavy atom. The van der Waals surface area contributed by atoms with E-state index >= 15 is 0 Å². The van der Waals surface area contributed by atoms with Gasteiger partial charge in [-0.2, -0.15) is 0 Å².